The SMILES string of the molecule is C=CC[C@@H](/C=C(\C#N)N(CC)c1ccccc1)c1ccc(Br)cc1. The molecule has 3 heteroatoms. The first kappa shape index (κ1) is 18.0. The van der Waals surface area contributed by atoms with Crippen LogP contribution in [0.1, 0.15) is 24.8 Å². The maximum Gasteiger partial charge on any atom is 0.117 e. The maximum atomic E-state index is 9.70. The number of hydrogen-bond acceptors (Lipinski definition) is 2. The monoisotopic (exact) mass is 380 g/mol. The second kappa shape index (κ2) is 9.10. The molecule has 0 aromatic heterocycles. The van der Waals surface area contributed by atoms with E-state index in [0.29, 0.717) is 5.70 Å². The summed E-state index contributed by atoms with van der Waals surface area (Å²) < 4.78 is 1.05. The molecular formula is C21H21BrN2. The van der Waals surface area contributed by atoms with Crippen LogP contribution in [0.3, 0.4) is 0 Å². The molecule has 2 aromatic carbocycles. The smallest absolute Gasteiger partial charge is 0.117 e. The second-order valence-corrected chi connectivity index (χ2v) is 6.34. The van der Waals surface area contributed by atoms with Crippen molar-refractivity contribution in [2.45, 2.75) is 19.3 Å². The van der Waals surface area contributed by atoms with Crippen LogP contribution < -0.4 is 4.90 Å². The predicted molar refractivity (Wildman–Crippen MR) is 105 cm³/mol. The highest BCUT2D eigenvalue weighted by Crippen LogP contribution is 2.27. The summed E-state index contributed by atoms with van der Waals surface area (Å²) in [4.78, 5) is 2.04. The first-order valence-electron chi connectivity index (χ1n) is 8.00. The largest absolute Gasteiger partial charge is 0.333 e. The maximum absolute atomic E-state index is 9.70. The molecule has 0 N–H and O–H groups in total. The Morgan fingerprint density at radius 3 is 2.42 bits per heavy atom. The van der Waals surface area contributed by atoms with Gasteiger partial charge in [-0.2, -0.15) is 5.26 Å². The van der Waals surface area contributed by atoms with Gasteiger partial charge in [0.25, 0.3) is 0 Å². The van der Waals surface area contributed by atoms with Crippen LogP contribution in [0.15, 0.2) is 83.5 Å². The van der Waals surface area contributed by atoms with Crippen LogP contribution >= 0.6 is 15.9 Å². The van der Waals surface area contributed by atoms with Crippen molar-refractivity contribution >= 4 is 21.6 Å². The van der Waals surface area contributed by atoms with Gasteiger partial charge in [-0.1, -0.05) is 52.3 Å². The minimum absolute atomic E-state index is 0.128. The van der Waals surface area contributed by atoms with Gasteiger partial charge in [-0.05, 0) is 49.2 Å². The lowest BCUT2D eigenvalue weighted by atomic mass is 9.94. The zero-order valence-corrected chi connectivity index (χ0v) is 15.4. The summed E-state index contributed by atoms with van der Waals surface area (Å²) >= 11 is 3.47. The number of nitriles is 1. The molecule has 0 heterocycles. The number of rotatable bonds is 7. The Balaban J connectivity index is 2.39. The molecule has 122 valence electrons. The van der Waals surface area contributed by atoms with Gasteiger partial charge in [0.1, 0.15) is 11.8 Å². The van der Waals surface area contributed by atoms with Crippen molar-refractivity contribution in [3.8, 4) is 6.07 Å². The van der Waals surface area contributed by atoms with E-state index in [2.05, 4.69) is 47.6 Å². The van der Waals surface area contributed by atoms with E-state index in [-0.39, 0.29) is 5.92 Å². The molecule has 2 rings (SSSR count). The van der Waals surface area contributed by atoms with Crippen LogP contribution in [-0.4, -0.2) is 6.54 Å². The summed E-state index contributed by atoms with van der Waals surface area (Å²) in [5, 5.41) is 9.70. The van der Waals surface area contributed by atoms with Crippen LogP contribution in [-0.2, 0) is 0 Å². The highest BCUT2D eigenvalue weighted by atomic mass is 79.9. The minimum atomic E-state index is 0.128. The predicted octanol–water partition coefficient (Wildman–Crippen LogP) is 6.04. The lowest BCUT2D eigenvalue weighted by molar-refractivity contribution is 0.845. The molecule has 0 saturated carbocycles. The molecule has 0 aliphatic heterocycles. The van der Waals surface area contributed by atoms with Gasteiger partial charge in [0, 0.05) is 22.6 Å². The van der Waals surface area contributed by atoms with E-state index in [9.17, 15) is 5.26 Å². The highest BCUT2D eigenvalue weighted by Gasteiger charge is 2.14. The number of anilines is 1. The van der Waals surface area contributed by atoms with Gasteiger partial charge >= 0.3 is 0 Å². The fraction of sp³-hybridized carbons (Fsp3) is 0.190. The number of allylic oxidation sites excluding steroid dienone is 3. The fourth-order valence-corrected chi connectivity index (χ4v) is 2.93. The van der Waals surface area contributed by atoms with Gasteiger partial charge in [0.2, 0.25) is 0 Å². The van der Waals surface area contributed by atoms with Crippen molar-refractivity contribution in [1.82, 2.24) is 0 Å². The molecule has 2 aromatic rings. The van der Waals surface area contributed by atoms with E-state index >= 15 is 0 Å². The Kier molecular flexibility index (Phi) is 6.84. The molecule has 0 fully saturated rings. The summed E-state index contributed by atoms with van der Waals surface area (Å²) in [6.07, 6.45) is 4.73. The van der Waals surface area contributed by atoms with Crippen LogP contribution in [0.4, 0.5) is 5.69 Å². The molecule has 1 atom stereocenters. The summed E-state index contributed by atoms with van der Waals surface area (Å²) in [6.45, 7) is 6.66. The average Bonchev–Trinajstić information content (AvgIpc) is 2.62. The molecule has 0 aliphatic carbocycles. The van der Waals surface area contributed by atoms with E-state index in [4.69, 9.17) is 0 Å². The van der Waals surface area contributed by atoms with Crippen molar-refractivity contribution in [2.75, 3.05) is 11.4 Å². The first-order valence-corrected chi connectivity index (χ1v) is 8.79. The van der Waals surface area contributed by atoms with Crippen molar-refractivity contribution in [3.05, 3.63) is 89.1 Å². The molecule has 24 heavy (non-hydrogen) atoms. The third-order valence-electron chi connectivity index (χ3n) is 3.87. The van der Waals surface area contributed by atoms with Crippen molar-refractivity contribution in [1.29, 1.82) is 5.26 Å². The van der Waals surface area contributed by atoms with Crippen LogP contribution in [0, 0.1) is 11.3 Å². The summed E-state index contributed by atoms with van der Waals surface area (Å²) in [6, 6.07) is 20.6. The van der Waals surface area contributed by atoms with Gasteiger partial charge in [0.15, 0.2) is 0 Å². The normalized spacial score (nSPS) is 12.3. The highest BCUT2D eigenvalue weighted by molar-refractivity contribution is 9.10. The topological polar surface area (TPSA) is 27.0 Å². The number of para-hydroxylation sites is 1. The zero-order valence-electron chi connectivity index (χ0n) is 13.8. The molecule has 0 bridgehead atoms. The van der Waals surface area contributed by atoms with Gasteiger partial charge < -0.3 is 4.90 Å². The molecule has 0 amide bonds. The molecular weight excluding hydrogens is 360 g/mol. The second-order valence-electron chi connectivity index (χ2n) is 5.43. The number of nitrogens with zero attached hydrogens (tertiary/aromatic N) is 2. The van der Waals surface area contributed by atoms with Crippen LogP contribution in [0.2, 0.25) is 0 Å². The Hall–Kier alpha value is -2.31. The van der Waals surface area contributed by atoms with Crippen LogP contribution in [0.25, 0.3) is 0 Å². The van der Waals surface area contributed by atoms with Gasteiger partial charge in [-0.3, -0.25) is 0 Å². The van der Waals surface area contributed by atoms with E-state index in [0.717, 1.165) is 23.1 Å². The third-order valence-corrected chi connectivity index (χ3v) is 4.40. The van der Waals surface area contributed by atoms with Crippen LogP contribution in [0.5, 0.6) is 0 Å². The lowest BCUT2D eigenvalue weighted by Gasteiger charge is -2.23. The Morgan fingerprint density at radius 2 is 1.88 bits per heavy atom. The Bertz CT molecular complexity index is 727. The molecule has 0 aliphatic rings. The van der Waals surface area contributed by atoms with Gasteiger partial charge in [-0.15, -0.1) is 6.58 Å². The first-order chi connectivity index (χ1) is 11.7. The number of benzene rings is 2. The van der Waals surface area contributed by atoms with E-state index < -0.39 is 0 Å². The number of halogens is 1. The zero-order chi connectivity index (χ0) is 17.4. The molecule has 2 nitrogen and oxygen atoms in total. The lowest BCUT2D eigenvalue weighted by Crippen LogP contribution is -2.21. The van der Waals surface area contributed by atoms with Crippen molar-refractivity contribution in [3.63, 3.8) is 0 Å². The van der Waals surface area contributed by atoms with Gasteiger partial charge in [0.05, 0.1) is 0 Å². The molecule has 0 unspecified atom stereocenters. The summed E-state index contributed by atoms with van der Waals surface area (Å²) in [7, 11) is 0. The minimum Gasteiger partial charge on any atom is -0.333 e. The number of hydrogen-bond donors (Lipinski definition) is 0. The van der Waals surface area contributed by atoms with Crippen molar-refractivity contribution < 1.29 is 0 Å². The van der Waals surface area contributed by atoms with E-state index in [1.807, 2.05) is 59.5 Å². The fourth-order valence-electron chi connectivity index (χ4n) is 2.67. The Morgan fingerprint density at radius 1 is 1.21 bits per heavy atom. The standard InChI is InChI=1S/C21H21BrN2/c1-3-8-18(17-11-13-19(22)14-12-17)15-21(16-23)24(4-2)20-9-6-5-7-10-20/h3,5-7,9-15,18H,1,4,8H2,2H3/b21-15+/t18-/m0/s1. The molecule has 0 radical (unpaired) electrons. The van der Waals surface area contributed by atoms with Gasteiger partial charge in [-0.25, -0.2) is 0 Å². The van der Waals surface area contributed by atoms with E-state index in [1.54, 1.807) is 0 Å². The molecule has 0 saturated heterocycles. The summed E-state index contributed by atoms with van der Waals surface area (Å²) in [5.41, 5.74) is 2.87. The van der Waals surface area contributed by atoms with E-state index in [1.165, 1.54) is 5.56 Å². The average molecular weight is 381 g/mol. The molecule has 0 spiro atoms. The quantitative estimate of drug-likeness (QED) is 0.432. The van der Waals surface area contributed by atoms with Crippen molar-refractivity contribution in [2.24, 2.45) is 0 Å². The summed E-state index contributed by atoms with van der Waals surface area (Å²) in [5.74, 6) is 0.128. The Labute approximate surface area is 152 Å². The third kappa shape index (κ3) is 4.59.